The van der Waals surface area contributed by atoms with Gasteiger partial charge in [0.15, 0.2) is 0 Å². The van der Waals surface area contributed by atoms with Gasteiger partial charge in [0.05, 0.1) is 18.7 Å². The molecule has 0 saturated heterocycles. The summed E-state index contributed by atoms with van der Waals surface area (Å²) in [6.45, 7) is 2.77. The molecule has 4 heteroatoms. The number of nitriles is 1. The maximum atomic E-state index is 9.69. The normalized spacial score (nSPS) is 18.4. The van der Waals surface area contributed by atoms with Crippen molar-refractivity contribution in [3.63, 3.8) is 0 Å². The smallest absolute Gasteiger partial charge is 0.118 e. The van der Waals surface area contributed by atoms with Gasteiger partial charge < -0.3 is 14.7 Å². The van der Waals surface area contributed by atoms with E-state index in [1.54, 1.807) is 25.3 Å². The first-order valence-electron chi connectivity index (χ1n) is 8.04. The second-order valence-electron chi connectivity index (χ2n) is 5.62. The highest BCUT2D eigenvalue weighted by Gasteiger charge is 2.33. The van der Waals surface area contributed by atoms with Crippen LogP contribution in [0.25, 0.3) is 0 Å². The van der Waals surface area contributed by atoms with E-state index in [1.807, 2.05) is 37.3 Å². The first-order chi connectivity index (χ1) is 12.2. The van der Waals surface area contributed by atoms with Gasteiger partial charge in [-0.05, 0) is 48.8 Å². The Kier molecular flexibility index (Phi) is 4.64. The standard InChI is InChI=1S/C21H18N2O2/c1-3-23-20-12-9-17(25-2)8-10-18(20)19(14-22)21(23)11-7-15-5-4-6-16(24)13-15/h4-6,8-10,12-13,20,24H,3H2,1-2H3. The number of methoxy groups -OCH3 is 1. The number of nitrogens with zero attached hydrogens (tertiary/aromatic N) is 2. The number of ether oxygens (including phenoxy) is 1. The van der Waals surface area contributed by atoms with Gasteiger partial charge in [-0.25, -0.2) is 0 Å². The predicted molar refractivity (Wildman–Crippen MR) is 96.1 cm³/mol. The number of fused-ring (bicyclic) bond motifs is 1. The average molecular weight is 330 g/mol. The Hall–Kier alpha value is -3.37. The molecule has 1 aromatic carbocycles. The quantitative estimate of drug-likeness (QED) is 0.846. The van der Waals surface area contributed by atoms with Crippen molar-refractivity contribution in [1.29, 1.82) is 5.26 Å². The number of phenols is 1. The number of hydrogen-bond donors (Lipinski definition) is 1. The minimum Gasteiger partial charge on any atom is -0.508 e. The predicted octanol–water partition coefficient (Wildman–Crippen LogP) is 3.25. The molecule has 0 spiro atoms. The van der Waals surface area contributed by atoms with Crippen LogP contribution in [0.15, 0.2) is 71.2 Å². The fourth-order valence-electron chi connectivity index (χ4n) is 3.00. The molecular weight excluding hydrogens is 312 g/mol. The van der Waals surface area contributed by atoms with E-state index in [-0.39, 0.29) is 11.8 Å². The van der Waals surface area contributed by atoms with E-state index < -0.39 is 0 Å². The summed E-state index contributed by atoms with van der Waals surface area (Å²) in [6, 6.07) is 9.06. The van der Waals surface area contributed by atoms with Gasteiger partial charge in [-0.15, -0.1) is 0 Å². The Morgan fingerprint density at radius 3 is 2.80 bits per heavy atom. The molecule has 3 rings (SSSR count). The van der Waals surface area contributed by atoms with Crippen LogP contribution in [0.2, 0.25) is 0 Å². The summed E-state index contributed by atoms with van der Waals surface area (Å²) >= 11 is 0. The Bertz CT molecular complexity index is 917. The lowest BCUT2D eigenvalue weighted by molar-refractivity contribution is 0.306. The van der Waals surface area contributed by atoms with Crippen molar-refractivity contribution in [3.8, 4) is 23.7 Å². The summed E-state index contributed by atoms with van der Waals surface area (Å²) in [7, 11) is 1.63. The molecular formula is C21H18N2O2. The van der Waals surface area contributed by atoms with Gasteiger partial charge >= 0.3 is 0 Å². The zero-order valence-corrected chi connectivity index (χ0v) is 14.2. The molecule has 0 aromatic heterocycles. The van der Waals surface area contributed by atoms with Gasteiger partial charge in [0.1, 0.15) is 23.3 Å². The molecule has 25 heavy (non-hydrogen) atoms. The Morgan fingerprint density at radius 1 is 1.28 bits per heavy atom. The number of hydrogen-bond acceptors (Lipinski definition) is 4. The number of likely N-dealkylation sites (N-methyl/N-ethyl adjacent to an activating group) is 1. The molecule has 1 aromatic rings. The molecule has 124 valence electrons. The summed E-state index contributed by atoms with van der Waals surface area (Å²) in [5.74, 6) is 7.10. The fraction of sp³-hybridized carbons (Fsp3) is 0.190. The maximum Gasteiger partial charge on any atom is 0.118 e. The minimum atomic E-state index is -0.0305. The van der Waals surface area contributed by atoms with Crippen molar-refractivity contribution >= 4 is 0 Å². The van der Waals surface area contributed by atoms with Gasteiger partial charge in [0, 0.05) is 12.1 Å². The van der Waals surface area contributed by atoms with Crippen molar-refractivity contribution in [1.82, 2.24) is 4.90 Å². The van der Waals surface area contributed by atoms with Gasteiger partial charge in [-0.1, -0.05) is 24.1 Å². The van der Waals surface area contributed by atoms with Crippen molar-refractivity contribution in [3.05, 3.63) is 76.7 Å². The highest BCUT2D eigenvalue weighted by molar-refractivity contribution is 5.62. The Balaban J connectivity index is 2.07. The van der Waals surface area contributed by atoms with Crippen LogP contribution < -0.4 is 0 Å². The van der Waals surface area contributed by atoms with Crippen molar-refractivity contribution in [2.45, 2.75) is 13.0 Å². The third kappa shape index (κ3) is 3.16. The highest BCUT2D eigenvalue weighted by Crippen LogP contribution is 2.35. The second kappa shape index (κ2) is 7.03. The van der Waals surface area contributed by atoms with E-state index in [9.17, 15) is 10.4 Å². The first kappa shape index (κ1) is 16.5. The molecule has 1 unspecified atom stereocenters. The zero-order valence-electron chi connectivity index (χ0n) is 14.2. The SMILES string of the molecule is CCN1C(C#Cc2cccc(O)c2)=C(C#N)C2=CC=C(OC)C=CC21. The van der Waals surface area contributed by atoms with Crippen molar-refractivity contribution in [2.24, 2.45) is 0 Å². The van der Waals surface area contributed by atoms with Gasteiger partial charge in [0.2, 0.25) is 0 Å². The van der Waals surface area contributed by atoms with E-state index in [4.69, 9.17) is 4.74 Å². The molecule has 1 N–H and O–H groups in total. The maximum absolute atomic E-state index is 9.69. The van der Waals surface area contributed by atoms with Crippen LogP contribution in [0.4, 0.5) is 0 Å². The van der Waals surface area contributed by atoms with Crippen molar-refractivity contribution in [2.75, 3.05) is 13.7 Å². The van der Waals surface area contributed by atoms with Crippen LogP contribution in [0.1, 0.15) is 12.5 Å². The van der Waals surface area contributed by atoms with Crippen LogP contribution in [0.5, 0.6) is 5.75 Å². The topological polar surface area (TPSA) is 56.5 Å². The number of aromatic hydroxyl groups is 1. The number of rotatable bonds is 2. The lowest BCUT2D eigenvalue weighted by Gasteiger charge is -2.24. The van der Waals surface area contributed by atoms with E-state index in [0.717, 1.165) is 17.9 Å². The molecule has 1 aliphatic heterocycles. The Morgan fingerprint density at radius 2 is 2.12 bits per heavy atom. The largest absolute Gasteiger partial charge is 0.508 e. The molecule has 1 aliphatic carbocycles. The van der Waals surface area contributed by atoms with Crippen LogP contribution in [0.3, 0.4) is 0 Å². The van der Waals surface area contributed by atoms with Gasteiger partial charge in [-0.3, -0.25) is 0 Å². The lowest BCUT2D eigenvalue weighted by Crippen LogP contribution is -2.28. The fourth-order valence-corrected chi connectivity index (χ4v) is 3.00. The second-order valence-corrected chi connectivity index (χ2v) is 5.62. The molecule has 0 radical (unpaired) electrons. The number of phenolic OH excluding ortho intramolecular Hbond substituents is 1. The molecule has 0 bridgehead atoms. The molecule has 0 amide bonds. The molecule has 0 fully saturated rings. The third-order valence-electron chi connectivity index (χ3n) is 4.20. The van der Waals surface area contributed by atoms with Gasteiger partial charge in [-0.2, -0.15) is 5.26 Å². The van der Waals surface area contributed by atoms with Gasteiger partial charge in [0.25, 0.3) is 0 Å². The van der Waals surface area contributed by atoms with Crippen LogP contribution in [-0.2, 0) is 4.74 Å². The summed E-state index contributed by atoms with van der Waals surface area (Å²) < 4.78 is 5.28. The molecule has 0 saturated carbocycles. The number of allylic oxidation sites excluding steroid dienone is 4. The summed E-state index contributed by atoms with van der Waals surface area (Å²) in [5, 5.41) is 19.3. The van der Waals surface area contributed by atoms with E-state index in [1.165, 1.54) is 0 Å². The molecule has 1 atom stereocenters. The van der Waals surface area contributed by atoms with Crippen LogP contribution in [-0.4, -0.2) is 29.7 Å². The summed E-state index contributed by atoms with van der Waals surface area (Å²) in [5.41, 5.74) is 2.92. The summed E-state index contributed by atoms with van der Waals surface area (Å²) in [4.78, 5) is 2.10. The zero-order chi connectivity index (χ0) is 17.8. The average Bonchev–Trinajstić information content (AvgIpc) is 2.75. The number of benzene rings is 1. The molecule has 1 heterocycles. The Labute approximate surface area is 147 Å². The van der Waals surface area contributed by atoms with E-state index in [0.29, 0.717) is 16.8 Å². The minimum absolute atomic E-state index is 0.0305. The third-order valence-corrected chi connectivity index (χ3v) is 4.20. The monoisotopic (exact) mass is 330 g/mol. The van der Waals surface area contributed by atoms with Crippen LogP contribution >= 0.6 is 0 Å². The van der Waals surface area contributed by atoms with Crippen LogP contribution in [0, 0.1) is 23.2 Å². The lowest BCUT2D eigenvalue weighted by atomic mass is 10.0. The molecule has 2 aliphatic rings. The van der Waals surface area contributed by atoms with E-state index >= 15 is 0 Å². The summed E-state index contributed by atoms with van der Waals surface area (Å²) in [6.07, 6.45) is 7.73. The first-order valence-corrected chi connectivity index (χ1v) is 8.04. The van der Waals surface area contributed by atoms with E-state index in [2.05, 4.69) is 22.8 Å². The molecule has 4 nitrogen and oxygen atoms in total. The van der Waals surface area contributed by atoms with Crippen molar-refractivity contribution < 1.29 is 9.84 Å². The highest BCUT2D eigenvalue weighted by atomic mass is 16.5.